The molecule has 1 N–H and O–H groups in total. The molecular weight excluding hydrogens is 315 g/mol. The van der Waals surface area contributed by atoms with Crippen LogP contribution in [0, 0.1) is 0 Å². The van der Waals surface area contributed by atoms with Gasteiger partial charge in [0.15, 0.2) is 5.82 Å². The quantitative estimate of drug-likeness (QED) is 0.851. The second-order valence-corrected chi connectivity index (χ2v) is 6.20. The monoisotopic (exact) mass is 338 g/mol. The Balaban J connectivity index is 1.51. The average molecular weight is 338 g/mol. The summed E-state index contributed by atoms with van der Waals surface area (Å²) in [7, 11) is 0. The summed E-state index contributed by atoms with van der Waals surface area (Å²) >= 11 is 0. The molecule has 7 heteroatoms. The standard InChI is InChI=1S/C17H23FN2O4/c18-17(12-23-11-15-10-22-7-8-24-15)4-1-13(2-5-17)16-19-6-3-14(9-21)20-16/h1,3,6,15,21H,2,4-5,7-12H2. The van der Waals surface area contributed by atoms with E-state index in [9.17, 15) is 4.39 Å². The van der Waals surface area contributed by atoms with Crippen molar-refractivity contribution in [2.75, 3.05) is 33.0 Å². The molecular formula is C17H23FN2O4. The van der Waals surface area contributed by atoms with Crippen LogP contribution in [0.15, 0.2) is 18.3 Å². The maximum Gasteiger partial charge on any atom is 0.155 e. The molecule has 0 bridgehead atoms. The Labute approximate surface area is 140 Å². The van der Waals surface area contributed by atoms with E-state index in [-0.39, 0.29) is 25.7 Å². The van der Waals surface area contributed by atoms with Gasteiger partial charge in [0.25, 0.3) is 0 Å². The van der Waals surface area contributed by atoms with E-state index in [1.165, 1.54) is 0 Å². The summed E-state index contributed by atoms with van der Waals surface area (Å²) in [5.41, 5.74) is 0.117. The highest BCUT2D eigenvalue weighted by atomic mass is 19.1. The molecule has 0 amide bonds. The third-order valence-corrected chi connectivity index (χ3v) is 4.27. The molecule has 2 atom stereocenters. The summed E-state index contributed by atoms with van der Waals surface area (Å²) in [5.74, 6) is 0.567. The third-order valence-electron chi connectivity index (χ3n) is 4.27. The van der Waals surface area contributed by atoms with Crippen LogP contribution >= 0.6 is 0 Å². The van der Waals surface area contributed by atoms with Gasteiger partial charge in [-0.3, -0.25) is 0 Å². The van der Waals surface area contributed by atoms with Crippen molar-refractivity contribution in [1.29, 1.82) is 0 Å². The zero-order valence-corrected chi connectivity index (χ0v) is 13.6. The van der Waals surface area contributed by atoms with E-state index in [0.29, 0.717) is 50.8 Å². The number of aliphatic hydroxyl groups excluding tert-OH is 1. The summed E-state index contributed by atoms with van der Waals surface area (Å²) in [4.78, 5) is 8.48. The van der Waals surface area contributed by atoms with E-state index >= 15 is 0 Å². The van der Waals surface area contributed by atoms with Gasteiger partial charge in [-0.05, 0) is 24.5 Å². The molecule has 2 unspecified atom stereocenters. The van der Waals surface area contributed by atoms with Crippen molar-refractivity contribution in [3.63, 3.8) is 0 Å². The number of ether oxygens (including phenoxy) is 3. The van der Waals surface area contributed by atoms with Crippen LogP contribution in [0.25, 0.3) is 5.57 Å². The molecule has 0 aromatic carbocycles. The summed E-state index contributed by atoms with van der Waals surface area (Å²) in [6, 6.07) is 1.66. The zero-order valence-electron chi connectivity index (χ0n) is 13.6. The molecule has 0 radical (unpaired) electrons. The van der Waals surface area contributed by atoms with Crippen molar-refractivity contribution in [3.8, 4) is 0 Å². The largest absolute Gasteiger partial charge is 0.390 e. The van der Waals surface area contributed by atoms with Crippen molar-refractivity contribution in [3.05, 3.63) is 29.9 Å². The van der Waals surface area contributed by atoms with Crippen molar-refractivity contribution >= 4 is 5.57 Å². The molecule has 1 aromatic rings. The van der Waals surface area contributed by atoms with Crippen LogP contribution in [0.5, 0.6) is 0 Å². The fourth-order valence-electron chi connectivity index (χ4n) is 2.85. The highest BCUT2D eigenvalue weighted by Crippen LogP contribution is 2.34. The minimum atomic E-state index is -1.37. The SMILES string of the molecule is OCc1ccnc(C2=CCC(F)(COCC3COCCO3)CC2)n1. The number of aliphatic hydroxyl groups is 1. The van der Waals surface area contributed by atoms with Crippen LogP contribution in [0.3, 0.4) is 0 Å². The lowest BCUT2D eigenvalue weighted by Gasteiger charge is -2.29. The van der Waals surface area contributed by atoms with Gasteiger partial charge in [0.2, 0.25) is 0 Å². The molecule has 2 aliphatic rings. The Morgan fingerprint density at radius 2 is 2.33 bits per heavy atom. The molecule has 2 heterocycles. The predicted octanol–water partition coefficient (Wildman–Crippen LogP) is 1.68. The number of hydrogen-bond acceptors (Lipinski definition) is 6. The van der Waals surface area contributed by atoms with Crippen LogP contribution in [-0.4, -0.2) is 59.9 Å². The lowest BCUT2D eigenvalue weighted by molar-refractivity contribution is -0.123. The highest BCUT2D eigenvalue weighted by Gasteiger charge is 2.33. The van der Waals surface area contributed by atoms with Gasteiger partial charge in [0, 0.05) is 12.6 Å². The molecule has 1 fully saturated rings. The molecule has 6 nitrogen and oxygen atoms in total. The van der Waals surface area contributed by atoms with Crippen molar-refractivity contribution in [2.45, 2.75) is 37.6 Å². The van der Waals surface area contributed by atoms with Gasteiger partial charge in [-0.1, -0.05) is 6.08 Å². The van der Waals surface area contributed by atoms with Crippen LogP contribution < -0.4 is 0 Å². The fraction of sp³-hybridized carbons (Fsp3) is 0.647. The minimum absolute atomic E-state index is 0.0498. The Morgan fingerprint density at radius 3 is 3.04 bits per heavy atom. The molecule has 24 heavy (non-hydrogen) atoms. The second-order valence-electron chi connectivity index (χ2n) is 6.20. The zero-order chi connectivity index (χ0) is 16.8. The molecule has 0 saturated carbocycles. The van der Waals surface area contributed by atoms with Crippen LogP contribution in [0.1, 0.15) is 30.8 Å². The number of aromatic nitrogens is 2. The highest BCUT2D eigenvalue weighted by molar-refractivity contribution is 5.61. The number of halogens is 1. The Hall–Kier alpha value is -1.41. The minimum Gasteiger partial charge on any atom is -0.390 e. The molecule has 1 aromatic heterocycles. The normalized spacial score (nSPS) is 27.8. The second kappa shape index (κ2) is 8.11. The summed E-state index contributed by atoms with van der Waals surface area (Å²) in [5, 5.41) is 9.14. The van der Waals surface area contributed by atoms with Crippen LogP contribution in [0.4, 0.5) is 4.39 Å². The molecule has 1 saturated heterocycles. The van der Waals surface area contributed by atoms with Crippen molar-refractivity contribution < 1.29 is 23.7 Å². The molecule has 3 rings (SSSR count). The van der Waals surface area contributed by atoms with Gasteiger partial charge in [-0.2, -0.15) is 0 Å². The maximum absolute atomic E-state index is 14.8. The smallest absolute Gasteiger partial charge is 0.155 e. The number of allylic oxidation sites excluding steroid dienone is 2. The number of hydrogen-bond donors (Lipinski definition) is 1. The molecule has 1 aliphatic carbocycles. The Morgan fingerprint density at radius 1 is 1.42 bits per heavy atom. The summed E-state index contributed by atoms with van der Waals surface area (Å²) in [6.07, 6.45) is 4.54. The van der Waals surface area contributed by atoms with E-state index in [1.54, 1.807) is 12.3 Å². The lowest BCUT2D eigenvalue weighted by Crippen LogP contribution is -2.36. The predicted molar refractivity (Wildman–Crippen MR) is 85.0 cm³/mol. The first-order valence-electron chi connectivity index (χ1n) is 8.27. The first-order chi connectivity index (χ1) is 11.7. The summed E-state index contributed by atoms with van der Waals surface area (Å²) in [6.45, 7) is 1.95. The van der Waals surface area contributed by atoms with Gasteiger partial charge >= 0.3 is 0 Å². The van der Waals surface area contributed by atoms with E-state index < -0.39 is 5.67 Å². The van der Waals surface area contributed by atoms with Gasteiger partial charge < -0.3 is 19.3 Å². The maximum atomic E-state index is 14.8. The topological polar surface area (TPSA) is 73.7 Å². The van der Waals surface area contributed by atoms with E-state index in [1.807, 2.05) is 6.08 Å². The number of rotatable bonds is 6. The first kappa shape index (κ1) is 17.4. The van der Waals surface area contributed by atoms with Crippen LogP contribution in [0.2, 0.25) is 0 Å². The van der Waals surface area contributed by atoms with Crippen molar-refractivity contribution in [2.24, 2.45) is 0 Å². The van der Waals surface area contributed by atoms with Crippen LogP contribution in [-0.2, 0) is 20.8 Å². The Bertz CT molecular complexity index is 577. The van der Waals surface area contributed by atoms with Gasteiger partial charge in [-0.15, -0.1) is 0 Å². The van der Waals surface area contributed by atoms with E-state index in [2.05, 4.69) is 9.97 Å². The summed E-state index contributed by atoms with van der Waals surface area (Å²) < 4.78 is 31.1. The van der Waals surface area contributed by atoms with E-state index in [4.69, 9.17) is 19.3 Å². The molecule has 132 valence electrons. The number of nitrogens with zero attached hydrogens (tertiary/aromatic N) is 2. The van der Waals surface area contributed by atoms with E-state index in [0.717, 1.165) is 5.57 Å². The Kier molecular flexibility index (Phi) is 5.89. The molecule has 1 aliphatic heterocycles. The van der Waals surface area contributed by atoms with Gasteiger partial charge in [-0.25, -0.2) is 14.4 Å². The fourth-order valence-corrected chi connectivity index (χ4v) is 2.85. The number of alkyl halides is 1. The molecule has 0 spiro atoms. The first-order valence-corrected chi connectivity index (χ1v) is 8.27. The third kappa shape index (κ3) is 4.57. The lowest BCUT2D eigenvalue weighted by atomic mass is 9.87. The van der Waals surface area contributed by atoms with Crippen molar-refractivity contribution in [1.82, 2.24) is 9.97 Å². The van der Waals surface area contributed by atoms with Gasteiger partial charge in [0.05, 0.1) is 45.3 Å². The average Bonchev–Trinajstić information content (AvgIpc) is 2.63. The van der Waals surface area contributed by atoms with Gasteiger partial charge in [0.1, 0.15) is 11.8 Å².